The van der Waals surface area contributed by atoms with Crippen LogP contribution < -0.4 is 11.4 Å². The van der Waals surface area contributed by atoms with E-state index in [4.69, 9.17) is 0 Å². The van der Waals surface area contributed by atoms with Gasteiger partial charge in [-0.25, -0.2) is 14.6 Å². The molecule has 2 rings (SSSR count). The van der Waals surface area contributed by atoms with Crippen LogP contribution in [0.15, 0.2) is 14.1 Å². The summed E-state index contributed by atoms with van der Waals surface area (Å²) in [5, 5.41) is 9.58. The highest BCUT2D eigenvalue weighted by atomic mass is 16.6. The highest BCUT2D eigenvalue weighted by Crippen LogP contribution is 1.72. The van der Waals surface area contributed by atoms with E-state index in [1.54, 1.807) is 0 Å². The topological polar surface area (TPSA) is 112 Å². The second-order valence-electron chi connectivity index (χ2n) is 1.75. The normalized spacial score (nSPS) is 10.3. The van der Waals surface area contributed by atoms with E-state index >= 15 is 0 Å². The Morgan fingerprint density at radius 1 is 1.50 bits per heavy atom. The van der Waals surface area contributed by atoms with Gasteiger partial charge in [0, 0.05) is 0 Å². The van der Waals surface area contributed by atoms with Crippen molar-refractivity contribution in [3.63, 3.8) is 0 Å². The number of aromatic amines is 1. The lowest BCUT2D eigenvalue weighted by atomic mass is 11.2. The first-order chi connectivity index (χ1) is 5.77. The van der Waals surface area contributed by atoms with Crippen LogP contribution in [0.5, 0.6) is 0 Å². The third-order valence-electron chi connectivity index (χ3n) is 1.03. The zero-order valence-electron chi connectivity index (χ0n) is 5.46. The number of rotatable bonds is 1. The zero-order valence-corrected chi connectivity index (χ0v) is 5.46. The van der Waals surface area contributed by atoms with Gasteiger partial charge in [0.25, 0.3) is 0 Å². The van der Waals surface area contributed by atoms with Crippen molar-refractivity contribution < 1.29 is 4.52 Å². The molecule has 9 heteroatoms. The van der Waals surface area contributed by atoms with Gasteiger partial charge >= 0.3 is 11.4 Å². The molecule has 2 aromatic heterocycles. The third kappa shape index (κ3) is 0.836. The SMILES string of the molecule is O=c1[nH]c(=O)n(-n2[c]nnn2)o1. The van der Waals surface area contributed by atoms with E-state index < -0.39 is 11.4 Å². The molecule has 12 heavy (non-hydrogen) atoms. The second-order valence-corrected chi connectivity index (χ2v) is 1.75. The maximum atomic E-state index is 10.8. The van der Waals surface area contributed by atoms with Crippen LogP contribution in [-0.4, -0.2) is 30.1 Å². The van der Waals surface area contributed by atoms with Crippen LogP contribution in [0.4, 0.5) is 0 Å². The quantitative estimate of drug-likeness (QED) is 0.494. The van der Waals surface area contributed by atoms with Crippen LogP contribution in [0.2, 0.25) is 0 Å². The minimum atomic E-state index is -0.885. The number of aromatic nitrogens is 6. The molecule has 0 fully saturated rings. The van der Waals surface area contributed by atoms with Crippen molar-refractivity contribution >= 4 is 0 Å². The van der Waals surface area contributed by atoms with Crippen LogP contribution in [0.3, 0.4) is 0 Å². The lowest BCUT2D eigenvalue weighted by molar-refractivity contribution is 0.198. The Morgan fingerprint density at radius 2 is 2.33 bits per heavy atom. The Bertz CT molecular complexity index is 473. The molecule has 1 radical (unpaired) electrons. The summed E-state index contributed by atoms with van der Waals surface area (Å²) in [4.78, 5) is 24.4. The summed E-state index contributed by atoms with van der Waals surface area (Å²) < 4.78 is 4.34. The largest absolute Gasteiger partial charge is 0.441 e. The van der Waals surface area contributed by atoms with Crippen molar-refractivity contribution in [1.29, 1.82) is 0 Å². The van der Waals surface area contributed by atoms with Crippen LogP contribution in [0, 0.1) is 6.33 Å². The van der Waals surface area contributed by atoms with Gasteiger partial charge in [-0.3, -0.25) is 4.52 Å². The highest BCUT2D eigenvalue weighted by Gasteiger charge is 2.04. The van der Waals surface area contributed by atoms with E-state index in [0.29, 0.717) is 4.85 Å². The zero-order chi connectivity index (χ0) is 8.55. The van der Waals surface area contributed by atoms with Gasteiger partial charge in [-0.1, -0.05) is 4.79 Å². The van der Waals surface area contributed by atoms with Crippen molar-refractivity contribution in [2.45, 2.75) is 0 Å². The minimum absolute atomic E-state index is 0.530. The fourth-order valence-electron chi connectivity index (χ4n) is 0.617. The second kappa shape index (κ2) is 2.15. The molecular formula is C3HN6O3. The molecule has 2 aromatic rings. The van der Waals surface area contributed by atoms with Crippen molar-refractivity contribution in [2.75, 3.05) is 0 Å². The predicted octanol–water partition coefficient (Wildman–Crippen LogP) is -2.77. The van der Waals surface area contributed by atoms with Crippen molar-refractivity contribution in [2.24, 2.45) is 0 Å². The smallest absolute Gasteiger partial charge is 0.293 e. The van der Waals surface area contributed by atoms with E-state index in [1.165, 1.54) is 0 Å². The molecule has 0 saturated heterocycles. The Hall–Kier alpha value is -2.19. The Kier molecular flexibility index (Phi) is 1.17. The van der Waals surface area contributed by atoms with Crippen LogP contribution in [-0.2, 0) is 0 Å². The van der Waals surface area contributed by atoms with Gasteiger partial charge in [0.1, 0.15) is 0 Å². The molecule has 0 aliphatic carbocycles. The van der Waals surface area contributed by atoms with Gasteiger partial charge in [-0.05, 0) is 15.3 Å². The molecule has 0 atom stereocenters. The molecular weight excluding hydrogens is 168 g/mol. The molecule has 0 unspecified atom stereocenters. The molecule has 0 amide bonds. The molecule has 1 N–H and O–H groups in total. The van der Waals surface area contributed by atoms with E-state index in [1.807, 2.05) is 4.98 Å². The summed E-state index contributed by atoms with van der Waals surface area (Å²) >= 11 is 0. The van der Waals surface area contributed by atoms with Gasteiger partial charge in [-0.2, -0.15) is 0 Å². The standard InChI is InChI=1S/C3HN6O3/c10-2-5-3(11)12-9(2)8-1-4-6-7-8/h(H,5,10,11). The summed E-state index contributed by atoms with van der Waals surface area (Å²) in [6.07, 6.45) is 2.16. The Labute approximate surface area is 63.2 Å². The summed E-state index contributed by atoms with van der Waals surface area (Å²) in [6, 6.07) is 0. The number of nitrogens with one attached hydrogen (secondary N) is 1. The van der Waals surface area contributed by atoms with Crippen molar-refractivity contribution in [1.82, 2.24) is 30.1 Å². The summed E-state index contributed by atoms with van der Waals surface area (Å²) in [7, 11) is 0. The number of hydrogen-bond acceptors (Lipinski definition) is 6. The molecule has 0 bridgehead atoms. The molecule has 0 spiro atoms. The fraction of sp³-hybridized carbons (Fsp3) is 0. The maximum Gasteiger partial charge on any atom is 0.441 e. The first-order valence-corrected chi connectivity index (χ1v) is 2.77. The number of tetrazole rings is 1. The molecule has 0 aliphatic heterocycles. The minimum Gasteiger partial charge on any atom is -0.293 e. The van der Waals surface area contributed by atoms with E-state index in [-0.39, 0.29) is 0 Å². The van der Waals surface area contributed by atoms with Gasteiger partial charge in [0.2, 0.25) is 6.33 Å². The van der Waals surface area contributed by atoms with Gasteiger partial charge in [0.05, 0.1) is 0 Å². The van der Waals surface area contributed by atoms with E-state index in [0.717, 1.165) is 4.79 Å². The maximum absolute atomic E-state index is 10.8. The lowest BCUT2D eigenvalue weighted by Gasteiger charge is -1.88. The summed E-state index contributed by atoms with van der Waals surface area (Å²) in [6.45, 7) is 0. The lowest BCUT2D eigenvalue weighted by Crippen LogP contribution is -2.23. The number of H-pyrrole nitrogens is 1. The summed E-state index contributed by atoms with van der Waals surface area (Å²) in [5.74, 6) is -0.885. The average Bonchev–Trinajstić information content (AvgIpc) is 2.58. The fourth-order valence-corrected chi connectivity index (χ4v) is 0.617. The van der Waals surface area contributed by atoms with Gasteiger partial charge in [0.15, 0.2) is 0 Å². The predicted molar refractivity (Wildman–Crippen MR) is 31.0 cm³/mol. The number of nitrogens with zero attached hydrogens (tertiary/aromatic N) is 5. The van der Waals surface area contributed by atoms with Crippen LogP contribution >= 0.6 is 0 Å². The molecule has 0 saturated carbocycles. The van der Waals surface area contributed by atoms with Crippen molar-refractivity contribution in [3.05, 3.63) is 27.4 Å². The summed E-state index contributed by atoms with van der Waals surface area (Å²) in [5.41, 5.74) is -0.774. The van der Waals surface area contributed by atoms with Crippen LogP contribution in [0.25, 0.3) is 0 Å². The molecule has 9 nitrogen and oxygen atoms in total. The van der Waals surface area contributed by atoms with Crippen molar-refractivity contribution in [3.8, 4) is 0 Å². The molecule has 0 aliphatic rings. The molecule has 2 heterocycles. The average molecular weight is 169 g/mol. The first-order valence-electron chi connectivity index (χ1n) is 2.77. The highest BCUT2D eigenvalue weighted by molar-refractivity contribution is 4.56. The number of hydrogen-bond donors (Lipinski definition) is 1. The third-order valence-corrected chi connectivity index (χ3v) is 1.03. The van der Waals surface area contributed by atoms with E-state index in [2.05, 4.69) is 26.4 Å². The van der Waals surface area contributed by atoms with E-state index in [9.17, 15) is 9.59 Å². The Morgan fingerprint density at radius 3 is 2.83 bits per heavy atom. The van der Waals surface area contributed by atoms with Crippen LogP contribution in [0.1, 0.15) is 0 Å². The Balaban J connectivity index is 2.69. The molecule has 61 valence electrons. The first kappa shape index (κ1) is 6.52. The van der Waals surface area contributed by atoms with Gasteiger partial charge < -0.3 is 0 Å². The van der Waals surface area contributed by atoms with Gasteiger partial charge in [-0.15, -0.1) is 5.10 Å². The molecule has 0 aromatic carbocycles. The monoisotopic (exact) mass is 169 g/mol.